The summed E-state index contributed by atoms with van der Waals surface area (Å²) in [5.74, 6) is 1.34. The minimum atomic E-state index is 0.463. The van der Waals surface area contributed by atoms with E-state index in [4.69, 9.17) is 32.7 Å². The molecule has 3 nitrogen and oxygen atoms in total. The lowest BCUT2D eigenvalue weighted by Gasteiger charge is -2.15. The van der Waals surface area contributed by atoms with Crippen LogP contribution in [0, 0.1) is 6.92 Å². The third-order valence-electron chi connectivity index (χ3n) is 4.20. The predicted molar refractivity (Wildman–Crippen MR) is 120 cm³/mol. The standard InChI is InChI=1S/C22H20BrCl2NO2/c1-14-3-5-15(6-4-14)13-28-22-18(23)9-16(10-21(22)27-2)12-26-20-11-17(24)7-8-19(20)25/h3-11,26H,12-13H2,1-2H3. The fraction of sp³-hybridized carbons (Fsp3) is 0.182. The van der Waals surface area contributed by atoms with Gasteiger partial charge in [0.25, 0.3) is 0 Å². The van der Waals surface area contributed by atoms with Gasteiger partial charge in [-0.2, -0.15) is 0 Å². The molecule has 0 saturated heterocycles. The van der Waals surface area contributed by atoms with E-state index in [1.54, 1.807) is 25.3 Å². The number of anilines is 1. The Morgan fingerprint density at radius 3 is 2.43 bits per heavy atom. The average molecular weight is 481 g/mol. The fourth-order valence-corrected chi connectivity index (χ4v) is 3.65. The monoisotopic (exact) mass is 479 g/mol. The van der Waals surface area contributed by atoms with Crippen molar-refractivity contribution in [2.24, 2.45) is 0 Å². The Kier molecular flexibility index (Phi) is 7.11. The molecule has 0 atom stereocenters. The van der Waals surface area contributed by atoms with Gasteiger partial charge in [0.15, 0.2) is 11.5 Å². The van der Waals surface area contributed by atoms with Gasteiger partial charge in [-0.15, -0.1) is 0 Å². The van der Waals surface area contributed by atoms with E-state index in [1.165, 1.54) is 5.56 Å². The number of hydrogen-bond acceptors (Lipinski definition) is 3. The third kappa shape index (κ3) is 5.34. The summed E-state index contributed by atoms with van der Waals surface area (Å²) in [4.78, 5) is 0. The van der Waals surface area contributed by atoms with Gasteiger partial charge in [0.1, 0.15) is 6.61 Å². The van der Waals surface area contributed by atoms with Crippen LogP contribution in [0.1, 0.15) is 16.7 Å². The molecule has 0 aromatic heterocycles. The molecule has 0 saturated carbocycles. The Morgan fingerprint density at radius 2 is 1.71 bits per heavy atom. The van der Waals surface area contributed by atoms with Crippen LogP contribution in [-0.2, 0) is 13.2 Å². The minimum absolute atomic E-state index is 0.463. The van der Waals surface area contributed by atoms with Crippen LogP contribution in [-0.4, -0.2) is 7.11 Å². The SMILES string of the molecule is COc1cc(CNc2cc(Cl)ccc2Cl)cc(Br)c1OCc1ccc(C)cc1. The largest absolute Gasteiger partial charge is 0.493 e. The molecular weight excluding hydrogens is 461 g/mol. The molecule has 0 heterocycles. The molecule has 0 aliphatic heterocycles. The van der Waals surface area contributed by atoms with Crippen LogP contribution in [0.25, 0.3) is 0 Å². The van der Waals surface area contributed by atoms with Gasteiger partial charge in [-0.25, -0.2) is 0 Å². The number of ether oxygens (including phenoxy) is 2. The second kappa shape index (κ2) is 9.55. The topological polar surface area (TPSA) is 30.5 Å². The van der Waals surface area contributed by atoms with Crippen molar-refractivity contribution in [3.63, 3.8) is 0 Å². The van der Waals surface area contributed by atoms with E-state index < -0.39 is 0 Å². The molecule has 0 spiro atoms. The lowest BCUT2D eigenvalue weighted by molar-refractivity contribution is 0.282. The Morgan fingerprint density at radius 1 is 0.964 bits per heavy atom. The molecule has 0 aliphatic carbocycles. The van der Waals surface area contributed by atoms with Crippen molar-refractivity contribution in [3.05, 3.63) is 85.8 Å². The smallest absolute Gasteiger partial charge is 0.175 e. The second-order valence-corrected chi connectivity index (χ2v) is 8.06. The Labute approximate surface area is 183 Å². The highest BCUT2D eigenvalue weighted by molar-refractivity contribution is 9.10. The van der Waals surface area contributed by atoms with Crippen LogP contribution in [0.4, 0.5) is 5.69 Å². The van der Waals surface area contributed by atoms with Crippen molar-refractivity contribution in [2.45, 2.75) is 20.1 Å². The van der Waals surface area contributed by atoms with E-state index in [0.29, 0.717) is 34.7 Å². The van der Waals surface area contributed by atoms with Gasteiger partial charge >= 0.3 is 0 Å². The van der Waals surface area contributed by atoms with Gasteiger partial charge in [-0.05, 0) is 64.3 Å². The van der Waals surface area contributed by atoms with Crippen molar-refractivity contribution >= 4 is 44.8 Å². The number of benzene rings is 3. The zero-order chi connectivity index (χ0) is 20.1. The van der Waals surface area contributed by atoms with E-state index >= 15 is 0 Å². The van der Waals surface area contributed by atoms with Crippen LogP contribution in [0.2, 0.25) is 10.0 Å². The van der Waals surface area contributed by atoms with Crippen molar-refractivity contribution in [1.82, 2.24) is 0 Å². The Hall–Kier alpha value is -1.88. The maximum atomic E-state index is 6.21. The normalized spacial score (nSPS) is 10.6. The maximum absolute atomic E-state index is 6.21. The van der Waals surface area contributed by atoms with Crippen LogP contribution in [0.5, 0.6) is 11.5 Å². The first-order chi connectivity index (χ1) is 13.5. The molecule has 0 aliphatic rings. The average Bonchev–Trinajstić information content (AvgIpc) is 2.68. The first kappa shape index (κ1) is 20.8. The Bertz CT molecular complexity index is 961. The molecule has 0 radical (unpaired) electrons. The molecule has 28 heavy (non-hydrogen) atoms. The molecule has 3 aromatic carbocycles. The van der Waals surface area contributed by atoms with E-state index in [-0.39, 0.29) is 0 Å². The van der Waals surface area contributed by atoms with Gasteiger partial charge < -0.3 is 14.8 Å². The van der Waals surface area contributed by atoms with Crippen LogP contribution in [0.15, 0.2) is 59.1 Å². The van der Waals surface area contributed by atoms with Crippen molar-refractivity contribution in [2.75, 3.05) is 12.4 Å². The molecule has 3 rings (SSSR count). The summed E-state index contributed by atoms with van der Waals surface area (Å²) in [7, 11) is 1.63. The molecule has 3 aromatic rings. The quantitative estimate of drug-likeness (QED) is 0.385. The molecule has 146 valence electrons. The molecule has 0 fully saturated rings. The van der Waals surface area contributed by atoms with E-state index in [1.807, 2.05) is 12.1 Å². The zero-order valence-corrected chi connectivity index (χ0v) is 18.7. The van der Waals surface area contributed by atoms with Crippen LogP contribution >= 0.6 is 39.1 Å². The Balaban J connectivity index is 1.73. The second-order valence-electron chi connectivity index (χ2n) is 6.36. The van der Waals surface area contributed by atoms with Gasteiger partial charge in [-0.1, -0.05) is 53.0 Å². The summed E-state index contributed by atoms with van der Waals surface area (Å²) in [5, 5.41) is 4.55. The summed E-state index contributed by atoms with van der Waals surface area (Å²) >= 11 is 15.9. The highest BCUT2D eigenvalue weighted by Gasteiger charge is 2.12. The van der Waals surface area contributed by atoms with E-state index in [9.17, 15) is 0 Å². The molecule has 1 N–H and O–H groups in total. The first-order valence-electron chi connectivity index (χ1n) is 8.70. The van der Waals surface area contributed by atoms with Crippen molar-refractivity contribution in [1.29, 1.82) is 0 Å². The van der Waals surface area contributed by atoms with Crippen molar-refractivity contribution < 1.29 is 9.47 Å². The molecule has 0 amide bonds. The predicted octanol–water partition coefficient (Wildman–Crippen LogP) is 7.26. The third-order valence-corrected chi connectivity index (χ3v) is 5.36. The number of rotatable bonds is 7. The highest BCUT2D eigenvalue weighted by atomic mass is 79.9. The molecule has 6 heteroatoms. The van der Waals surface area contributed by atoms with E-state index in [2.05, 4.69) is 52.4 Å². The van der Waals surface area contributed by atoms with Crippen LogP contribution in [0.3, 0.4) is 0 Å². The van der Waals surface area contributed by atoms with Gasteiger partial charge in [-0.3, -0.25) is 0 Å². The molecule has 0 bridgehead atoms. The number of aryl methyl sites for hydroxylation is 1. The fourth-order valence-electron chi connectivity index (χ4n) is 2.69. The highest BCUT2D eigenvalue weighted by Crippen LogP contribution is 2.37. The summed E-state index contributed by atoms with van der Waals surface area (Å²) < 4.78 is 12.4. The van der Waals surface area contributed by atoms with Crippen molar-refractivity contribution in [3.8, 4) is 11.5 Å². The minimum Gasteiger partial charge on any atom is -0.493 e. The van der Waals surface area contributed by atoms with E-state index in [0.717, 1.165) is 21.3 Å². The number of methoxy groups -OCH3 is 1. The number of nitrogens with one attached hydrogen (secondary N) is 1. The zero-order valence-electron chi connectivity index (χ0n) is 15.6. The molecule has 0 unspecified atom stereocenters. The number of halogens is 3. The summed E-state index contributed by atoms with van der Waals surface area (Å²) in [6, 6.07) is 17.5. The molecular formula is C22H20BrCl2NO2. The van der Waals surface area contributed by atoms with Gasteiger partial charge in [0.05, 0.1) is 22.3 Å². The maximum Gasteiger partial charge on any atom is 0.175 e. The van der Waals surface area contributed by atoms with Gasteiger partial charge in [0, 0.05) is 11.6 Å². The summed E-state index contributed by atoms with van der Waals surface area (Å²) in [6.45, 7) is 3.09. The number of hydrogen-bond donors (Lipinski definition) is 1. The van der Waals surface area contributed by atoms with Gasteiger partial charge in [0.2, 0.25) is 0 Å². The lowest BCUT2D eigenvalue weighted by atomic mass is 10.1. The summed E-state index contributed by atoms with van der Waals surface area (Å²) in [6.07, 6.45) is 0. The lowest BCUT2D eigenvalue weighted by Crippen LogP contribution is -2.03. The van der Waals surface area contributed by atoms with Crippen LogP contribution < -0.4 is 14.8 Å². The summed E-state index contributed by atoms with van der Waals surface area (Å²) in [5.41, 5.74) is 4.12. The first-order valence-corrected chi connectivity index (χ1v) is 10.2.